The Labute approximate surface area is 182 Å². The summed E-state index contributed by atoms with van der Waals surface area (Å²) in [5, 5.41) is 4.59. The van der Waals surface area contributed by atoms with Gasteiger partial charge >= 0.3 is 0 Å². The van der Waals surface area contributed by atoms with E-state index >= 15 is 0 Å². The summed E-state index contributed by atoms with van der Waals surface area (Å²) in [4.78, 5) is 12.2. The molecular formula is C18H15ClN2O6S2. The fraction of sp³-hybridized carbons (Fsp3) is 0.222. The highest BCUT2D eigenvalue weighted by molar-refractivity contribution is 7.93. The van der Waals surface area contributed by atoms with E-state index in [-0.39, 0.29) is 38.1 Å². The largest absolute Gasteiger partial charge is 0.454 e. The highest BCUT2D eigenvalue weighted by Crippen LogP contribution is 2.36. The number of aromatic nitrogens is 1. The monoisotopic (exact) mass is 459 g/mol. The molecule has 0 fully saturated rings. The Morgan fingerprint density at radius 3 is 2.83 bits per heavy atom. The van der Waals surface area contributed by atoms with Crippen molar-refractivity contribution in [2.45, 2.75) is 25.1 Å². The molecule has 0 amide bonds. The number of nitrogens with zero attached hydrogens (tertiary/aromatic N) is 1. The van der Waals surface area contributed by atoms with Crippen molar-refractivity contribution in [2.24, 2.45) is 0 Å². The SMILES string of the molecule is [2H]N(c1onc(C)c1Cl)S(=O)(=O)c1ccsc1C(=O)C([2H])([2H])c1cc2c(cc1C)OC([2H])([2H])O2. The van der Waals surface area contributed by atoms with Crippen molar-refractivity contribution in [2.75, 3.05) is 11.5 Å². The van der Waals surface area contributed by atoms with Gasteiger partial charge in [-0.15, -0.1) is 11.3 Å². The number of ether oxygens (including phenoxy) is 2. The molecule has 3 heterocycles. The molecule has 11 heteroatoms. The molecule has 1 aliphatic rings. The number of ketones is 1. The second kappa shape index (κ2) is 7.36. The minimum absolute atomic E-state index is 0.0162. The number of fused-ring (bicyclic) bond motifs is 1. The van der Waals surface area contributed by atoms with Gasteiger partial charge in [0.15, 0.2) is 18.7 Å². The number of Topliss-reactive ketones (excluding diaryl/α,β-unsaturated/α-hetero) is 1. The van der Waals surface area contributed by atoms with Gasteiger partial charge in [0.25, 0.3) is 15.9 Å². The molecular weight excluding hydrogens is 440 g/mol. The molecule has 1 aromatic carbocycles. The van der Waals surface area contributed by atoms with Crippen molar-refractivity contribution >= 4 is 44.6 Å². The summed E-state index contributed by atoms with van der Waals surface area (Å²) in [5.74, 6) is -1.82. The Morgan fingerprint density at radius 2 is 2.14 bits per heavy atom. The molecule has 0 saturated carbocycles. The van der Waals surface area contributed by atoms with E-state index in [1.54, 1.807) is 0 Å². The van der Waals surface area contributed by atoms with Crippen LogP contribution < -0.4 is 14.2 Å². The maximum atomic E-state index is 13.3. The van der Waals surface area contributed by atoms with Crippen LogP contribution in [0.1, 0.15) is 32.0 Å². The van der Waals surface area contributed by atoms with Gasteiger partial charge in [-0.25, -0.2) is 13.1 Å². The van der Waals surface area contributed by atoms with Crippen molar-refractivity contribution in [1.29, 1.82) is 0 Å². The zero-order valence-corrected chi connectivity index (χ0v) is 17.2. The zero-order valence-electron chi connectivity index (χ0n) is 19.8. The van der Waals surface area contributed by atoms with Crippen LogP contribution in [0.15, 0.2) is 33.0 Å². The van der Waals surface area contributed by atoms with Crippen molar-refractivity contribution in [3.8, 4) is 11.5 Å². The third-order valence-electron chi connectivity index (χ3n) is 3.93. The van der Waals surface area contributed by atoms with Crippen LogP contribution in [0.25, 0.3) is 0 Å². The van der Waals surface area contributed by atoms with Gasteiger partial charge in [-0.05, 0) is 48.6 Å². The molecule has 0 atom stereocenters. The molecule has 4 rings (SSSR count). The number of carbonyl (C=O) groups is 1. The second-order valence-corrected chi connectivity index (χ2v) is 8.79. The average Bonchev–Trinajstić information content (AvgIpc) is 3.43. The lowest BCUT2D eigenvalue weighted by Gasteiger charge is -2.09. The van der Waals surface area contributed by atoms with Crippen LogP contribution in [-0.2, 0) is 16.4 Å². The molecule has 152 valence electrons. The molecule has 1 N–H and O–H groups in total. The van der Waals surface area contributed by atoms with Gasteiger partial charge in [-0.3, -0.25) is 4.79 Å². The van der Waals surface area contributed by atoms with E-state index < -0.39 is 44.6 Å². The lowest BCUT2D eigenvalue weighted by molar-refractivity contribution is 0.0994. The van der Waals surface area contributed by atoms with Crippen molar-refractivity contribution in [1.82, 2.24) is 5.16 Å². The number of anilines is 1. The first-order chi connectivity index (χ1) is 15.7. The van der Waals surface area contributed by atoms with Crippen LogP contribution in [0.2, 0.25) is 6.43 Å². The number of nitrogens with one attached hydrogen (secondary N) is 1. The Morgan fingerprint density at radius 1 is 1.41 bits per heavy atom. The van der Waals surface area contributed by atoms with Crippen molar-refractivity contribution < 1.29 is 34.1 Å². The summed E-state index contributed by atoms with van der Waals surface area (Å²) in [7, 11) is -4.70. The number of hydrogen-bond donors (Lipinski definition) is 1. The Bertz CT molecular complexity index is 1420. The second-order valence-electron chi connectivity index (χ2n) is 5.92. The van der Waals surface area contributed by atoms with Gasteiger partial charge in [0.05, 0.1) is 4.88 Å². The molecule has 0 saturated heterocycles. The van der Waals surface area contributed by atoms with Crippen LogP contribution >= 0.6 is 22.9 Å². The van der Waals surface area contributed by atoms with Crippen LogP contribution in [0.3, 0.4) is 0 Å². The molecule has 8 nitrogen and oxygen atoms in total. The maximum Gasteiger partial charge on any atom is 0.265 e. The van der Waals surface area contributed by atoms with E-state index in [0.717, 1.165) is 12.1 Å². The lowest BCUT2D eigenvalue weighted by atomic mass is 10.0. The highest BCUT2D eigenvalue weighted by Gasteiger charge is 2.27. The standard InChI is InChI=1S/C18H15ClN2O6S2/c1-9-5-13-14(26-8-25-13)7-11(9)6-12(22)17-15(3-4-28-17)29(23,24)21-18-16(19)10(2)20-27-18/h3-5,7,21H,6,8H2,1-2H3/i6D2,8D2/hD. The smallest absolute Gasteiger partial charge is 0.265 e. The quantitative estimate of drug-likeness (QED) is 0.555. The lowest BCUT2D eigenvalue weighted by Crippen LogP contribution is -2.16. The molecule has 0 bridgehead atoms. The molecule has 0 unspecified atom stereocenters. The van der Waals surface area contributed by atoms with Crippen LogP contribution in [0.5, 0.6) is 11.5 Å². The fourth-order valence-corrected chi connectivity index (χ4v) is 4.87. The topological polar surface area (TPSA) is 108 Å². The van der Waals surface area contributed by atoms with E-state index in [0.29, 0.717) is 11.3 Å². The first-order valence-corrected chi connectivity index (χ1v) is 10.7. The third kappa shape index (κ3) is 3.70. The van der Waals surface area contributed by atoms with E-state index in [1.807, 2.05) is 0 Å². The number of carbonyl (C=O) groups excluding carboxylic acids is 1. The van der Waals surface area contributed by atoms with Crippen molar-refractivity contribution in [3.05, 3.63) is 50.3 Å². The molecule has 0 aliphatic carbocycles. The number of rotatable bonds is 6. The van der Waals surface area contributed by atoms with Crippen LogP contribution in [0, 0.1) is 13.8 Å². The number of sulfonamides is 1. The molecule has 0 spiro atoms. The van der Waals surface area contributed by atoms with Crippen molar-refractivity contribution in [3.63, 3.8) is 0 Å². The Hall–Kier alpha value is -2.56. The number of benzene rings is 1. The van der Waals surface area contributed by atoms with Crippen LogP contribution in [-0.4, -0.2) is 26.1 Å². The summed E-state index contributed by atoms with van der Waals surface area (Å²) in [6.45, 7) is 0.490. The number of thiophene rings is 1. The van der Waals surface area contributed by atoms with Gasteiger partial charge in [-0.1, -0.05) is 16.8 Å². The zero-order chi connectivity index (χ0) is 25.2. The molecule has 2 aromatic heterocycles. The first-order valence-electron chi connectivity index (χ1n) is 10.4. The minimum atomic E-state index is -4.70. The highest BCUT2D eigenvalue weighted by atomic mass is 35.5. The summed E-state index contributed by atoms with van der Waals surface area (Å²) in [6, 6.07) is 3.54. The van der Waals surface area contributed by atoms with Crippen LogP contribution in [0.4, 0.5) is 5.88 Å². The predicted molar refractivity (Wildman–Crippen MR) is 107 cm³/mol. The van der Waals surface area contributed by atoms with Gasteiger partial charge in [0, 0.05) is 9.11 Å². The number of hydrogen-bond acceptors (Lipinski definition) is 8. The summed E-state index contributed by atoms with van der Waals surface area (Å²) in [6.07, 6.45) is -2.74. The third-order valence-corrected chi connectivity index (χ3v) is 6.71. The first kappa shape index (κ1) is 14.4. The Kier molecular flexibility index (Phi) is 3.66. The summed E-state index contributed by atoms with van der Waals surface area (Å²) in [5.41, 5.74) is 0.251. The Balaban J connectivity index is 1.74. The van der Waals surface area contributed by atoms with Gasteiger partial charge in [-0.2, -0.15) is 0 Å². The summed E-state index contributed by atoms with van der Waals surface area (Å²) < 4.78 is 81.1. The van der Waals surface area contributed by atoms with E-state index in [9.17, 15) is 13.2 Å². The number of halogens is 1. The van der Waals surface area contributed by atoms with E-state index in [2.05, 4.69) is 5.16 Å². The van der Waals surface area contributed by atoms with E-state index in [1.165, 1.54) is 25.3 Å². The van der Waals surface area contributed by atoms with Gasteiger partial charge < -0.3 is 14.0 Å². The maximum absolute atomic E-state index is 13.3. The van der Waals surface area contributed by atoms with Gasteiger partial charge in [0.2, 0.25) is 6.75 Å². The fourth-order valence-electron chi connectivity index (χ4n) is 2.47. The number of aryl methyl sites for hydroxylation is 2. The minimum Gasteiger partial charge on any atom is -0.454 e. The molecule has 29 heavy (non-hydrogen) atoms. The normalized spacial score (nSPS) is 17.7. The average molecular weight is 460 g/mol. The van der Waals surface area contributed by atoms with E-state index in [4.69, 9.17) is 32.5 Å². The van der Waals surface area contributed by atoms with Gasteiger partial charge in [0.1, 0.15) is 18.4 Å². The predicted octanol–water partition coefficient (Wildman–Crippen LogP) is 3.96. The molecule has 1 aliphatic heterocycles. The molecule has 0 radical (unpaired) electrons. The summed E-state index contributed by atoms with van der Waals surface area (Å²) >= 11 is 6.64. The molecule has 3 aromatic rings.